The van der Waals surface area contributed by atoms with Crippen molar-refractivity contribution in [1.29, 1.82) is 0 Å². The summed E-state index contributed by atoms with van der Waals surface area (Å²) in [5.74, 6) is 0.989. The standard InChI is InChI=1S/C19H23N3O3/c1-3-11-25-17-10-9-14(12-18(17)24-4-2)13-21-22-19(23)15-7-5-6-8-16(15)20/h5-10,12-13H,3-4,11,20H2,1-2H3,(H,22,23)/b21-13+. The molecule has 0 aliphatic carbocycles. The highest BCUT2D eigenvalue weighted by Crippen LogP contribution is 2.28. The van der Waals surface area contributed by atoms with Crippen molar-refractivity contribution in [1.82, 2.24) is 5.43 Å². The van der Waals surface area contributed by atoms with Crippen molar-refractivity contribution in [3.05, 3.63) is 53.6 Å². The summed E-state index contributed by atoms with van der Waals surface area (Å²) in [6, 6.07) is 12.3. The number of nitrogens with zero attached hydrogens (tertiary/aromatic N) is 1. The van der Waals surface area contributed by atoms with Crippen LogP contribution in [0.5, 0.6) is 11.5 Å². The van der Waals surface area contributed by atoms with Crippen molar-refractivity contribution >= 4 is 17.8 Å². The fourth-order valence-corrected chi connectivity index (χ4v) is 2.13. The normalized spacial score (nSPS) is 10.6. The van der Waals surface area contributed by atoms with Crippen molar-refractivity contribution in [2.75, 3.05) is 18.9 Å². The van der Waals surface area contributed by atoms with Gasteiger partial charge in [0.05, 0.1) is 25.0 Å². The first kappa shape index (κ1) is 18.3. The Kier molecular flexibility index (Phi) is 6.83. The highest BCUT2D eigenvalue weighted by atomic mass is 16.5. The number of carbonyl (C=O) groups is 1. The fraction of sp³-hybridized carbons (Fsp3) is 0.263. The maximum absolute atomic E-state index is 12.0. The van der Waals surface area contributed by atoms with Crippen LogP contribution in [0.2, 0.25) is 0 Å². The number of benzene rings is 2. The van der Waals surface area contributed by atoms with E-state index in [0.29, 0.717) is 36.0 Å². The van der Waals surface area contributed by atoms with E-state index in [1.165, 1.54) is 0 Å². The van der Waals surface area contributed by atoms with Crippen LogP contribution in [0.15, 0.2) is 47.6 Å². The maximum atomic E-state index is 12.0. The van der Waals surface area contributed by atoms with Gasteiger partial charge in [0.25, 0.3) is 5.91 Å². The Balaban J connectivity index is 2.06. The van der Waals surface area contributed by atoms with Crippen molar-refractivity contribution in [2.45, 2.75) is 20.3 Å². The average Bonchev–Trinajstić information content (AvgIpc) is 2.61. The van der Waals surface area contributed by atoms with Gasteiger partial charge in [0, 0.05) is 5.69 Å². The first-order chi connectivity index (χ1) is 12.2. The van der Waals surface area contributed by atoms with Gasteiger partial charge in [0.1, 0.15) is 0 Å². The summed E-state index contributed by atoms with van der Waals surface area (Å²) in [7, 11) is 0. The lowest BCUT2D eigenvalue weighted by Gasteiger charge is -2.11. The van der Waals surface area contributed by atoms with E-state index in [1.54, 1.807) is 30.5 Å². The summed E-state index contributed by atoms with van der Waals surface area (Å²) in [5, 5.41) is 3.98. The van der Waals surface area contributed by atoms with Crippen LogP contribution in [0.25, 0.3) is 0 Å². The molecule has 132 valence electrons. The molecule has 0 fully saturated rings. The number of hydrazone groups is 1. The van der Waals surface area contributed by atoms with E-state index in [4.69, 9.17) is 15.2 Å². The predicted molar refractivity (Wildman–Crippen MR) is 99.3 cm³/mol. The van der Waals surface area contributed by atoms with Gasteiger partial charge in [-0.05, 0) is 49.2 Å². The third-order valence-corrected chi connectivity index (χ3v) is 3.31. The monoisotopic (exact) mass is 341 g/mol. The molecule has 0 aliphatic rings. The van der Waals surface area contributed by atoms with Crippen LogP contribution in [0.4, 0.5) is 5.69 Å². The molecule has 6 heteroatoms. The van der Waals surface area contributed by atoms with Gasteiger partial charge in [-0.1, -0.05) is 19.1 Å². The summed E-state index contributed by atoms with van der Waals surface area (Å²) in [4.78, 5) is 12.0. The number of hydrogen-bond acceptors (Lipinski definition) is 5. The Labute approximate surface area is 147 Å². The molecule has 2 aromatic carbocycles. The molecule has 0 atom stereocenters. The van der Waals surface area contributed by atoms with E-state index in [0.717, 1.165) is 12.0 Å². The average molecular weight is 341 g/mol. The zero-order chi connectivity index (χ0) is 18.1. The molecule has 0 heterocycles. The van der Waals surface area contributed by atoms with E-state index in [1.807, 2.05) is 32.0 Å². The second-order valence-corrected chi connectivity index (χ2v) is 5.27. The largest absolute Gasteiger partial charge is 0.490 e. The second-order valence-electron chi connectivity index (χ2n) is 5.27. The molecule has 0 radical (unpaired) electrons. The van der Waals surface area contributed by atoms with Gasteiger partial charge in [0.15, 0.2) is 11.5 Å². The number of amides is 1. The third kappa shape index (κ3) is 5.24. The van der Waals surface area contributed by atoms with E-state index in [2.05, 4.69) is 10.5 Å². The Morgan fingerprint density at radius 1 is 1.16 bits per heavy atom. The molecule has 0 spiro atoms. The number of hydrogen-bond donors (Lipinski definition) is 2. The van der Waals surface area contributed by atoms with Gasteiger partial charge >= 0.3 is 0 Å². The number of para-hydroxylation sites is 1. The highest BCUT2D eigenvalue weighted by Gasteiger charge is 2.08. The van der Waals surface area contributed by atoms with Gasteiger partial charge in [0.2, 0.25) is 0 Å². The number of anilines is 1. The zero-order valence-electron chi connectivity index (χ0n) is 14.5. The maximum Gasteiger partial charge on any atom is 0.273 e. The van der Waals surface area contributed by atoms with Crippen LogP contribution in [-0.4, -0.2) is 25.3 Å². The second kappa shape index (κ2) is 9.32. The van der Waals surface area contributed by atoms with Gasteiger partial charge in [-0.15, -0.1) is 0 Å². The molecule has 0 bridgehead atoms. The van der Waals surface area contributed by atoms with Crippen LogP contribution in [0.3, 0.4) is 0 Å². The van der Waals surface area contributed by atoms with Crippen LogP contribution in [-0.2, 0) is 0 Å². The lowest BCUT2D eigenvalue weighted by Crippen LogP contribution is -2.19. The molecule has 2 rings (SSSR count). The van der Waals surface area contributed by atoms with Crippen LogP contribution in [0.1, 0.15) is 36.2 Å². The quantitative estimate of drug-likeness (QED) is 0.438. The van der Waals surface area contributed by atoms with Gasteiger partial charge < -0.3 is 15.2 Å². The minimum atomic E-state index is -0.359. The number of nitrogens with two attached hydrogens (primary N) is 1. The van der Waals surface area contributed by atoms with E-state index >= 15 is 0 Å². The van der Waals surface area contributed by atoms with Crippen LogP contribution >= 0.6 is 0 Å². The number of rotatable bonds is 8. The van der Waals surface area contributed by atoms with E-state index in [-0.39, 0.29) is 5.91 Å². The number of nitrogen functional groups attached to an aromatic ring is 1. The Hall–Kier alpha value is -3.02. The van der Waals surface area contributed by atoms with Crippen molar-refractivity contribution in [2.24, 2.45) is 5.10 Å². The van der Waals surface area contributed by atoms with Gasteiger partial charge in [-0.3, -0.25) is 4.79 Å². The minimum Gasteiger partial charge on any atom is -0.490 e. The van der Waals surface area contributed by atoms with Gasteiger partial charge in [-0.2, -0.15) is 5.10 Å². The van der Waals surface area contributed by atoms with Crippen molar-refractivity contribution in [3.63, 3.8) is 0 Å². The van der Waals surface area contributed by atoms with E-state index in [9.17, 15) is 4.79 Å². The third-order valence-electron chi connectivity index (χ3n) is 3.31. The molecule has 3 N–H and O–H groups in total. The molecule has 1 amide bonds. The Bertz CT molecular complexity index is 744. The summed E-state index contributed by atoms with van der Waals surface area (Å²) in [5.41, 5.74) is 9.82. The predicted octanol–water partition coefficient (Wildman–Crippen LogP) is 3.22. The number of ether oxygens (including phenoxy) is 2. The van der Waals surface area contributed by atoms with E-state index < -0.39 is 0 Å². The summed E-state index contributed by atoms with van der Waals surface area (Å²) in [6.07, 6.45) is 2.46. The molecule has 0 aromatic heterocycles. The number of nitrogens with one attached hydrogen (secondary N) is 1. The lowest BCUT2D eigenvalue weighted by molar-refractivity contribution is 0.0956. The number of carbonyl (C=O) groups excluding carboxylic acids is 1. The first-order valence-electron chi connectivity index (χ1n) is 8.23. The van der Waals surface area contributed by atoms with Crippen LogP contribution in [0, 0.1) is 0 Å². The molecule has 0 aliphatic heterocycles. The topological polar surface area (TPSA) is 85.9 Å². The molecule has 2 aromatic rings. The fourth-order valence-electron chi connectivity index (χ4n) is 2.13. The molecular formula is C19H23N3O3. The van der Waals surface area contributed by atoms with Crippen molar-refractivity contribution < 1.29 is 14.3 Å². The summed E-state index contributed by atoms with van der Waals surface area (Å²) in [6.45, 7) is 5.12. The molecular weight excluding hydrogens is 318 g/mol. The van der Waals surface area contributed by atoms with Gasteiger partial charge in [-0.25, -0.2) is 5.43 Å². The SMILES string of the molecule is CCCOc1ccc(/C=N/NC(=O)c2ccccc2N)cc1OCC. The van der Waals surface area contributed by atoms with Crippen LogP contribution < -0.4 is 20.6 Å². The summed E-state index contributed by atoms with van der Waals surface area (Å²) >= 11 is 0. The minimum absolute atomic E-state index is 0.359. The summed E-state index contributed by atoms with van der Waals surface area (Å²) < 4.78 is 11.3. The Morgan fingerprint density at radius 2 is 1.96 bits per heavy atom. The smallest absolute Gasteiger partial charge is 0.273 e. The first-order valence-corrected chi connectivity index (χ1v) is 8.23. The zero-order valence-corrected chi connectivity index (χ0v) is 14.5. The van der Waals surface area contributed by atoms with Crippen molar-refractivity contribution in [3.8, 4) is 11.5 Å². The molecule has 0 unspecified atom stereocenters. The highest BCUT2D eigenvalue weighted by molar-refractivity contribution is 5.99. The Morgan fingerprint density at radius 3 is 2.68 bits per heavy atom. The molecule has 6 nitrogen and oxygen atoms in total. The molecule has 0 saturated carbocycles. The lowest BCUT2D eigenvalue weighted by atomic mass is 10.2. The molecule has 25 heavy (non-hydrogen) atoms. The molecule has 0 saturated heterocycles.